The highest BCUT2D eigenvalue weighted by Gasteiger charge is 2.30. The van der Waals surface area contributed by atoms with Crippen LogP contribution >= 0.6 is 0 Å². The molecule has 2 N–H and O–H groups in total. The van der Waals surface area contributed by atoms with Gasteiger partial charge in [-0.1, -0.05) is 140 Å². The summed E-state index contributed by atoms with van der Waals surface area (Å²) in [6, 6.07) is 60.2. The Bertz CT molecular complexity index is 3030. The van der Waals surface area contributed by atoms with E-state index in [0.717, 1.165) is 66.6 Å². The molecule has 0 bridgehead atoms. The Labute approximate surface area is 299 Å². The van der Waals surface area contributed by atoms with Crippen LogP contribution < -0.4 is 10.6 Å². The summed E-state index contributed by atoms with van der Waals surface area (Å²) < 4.78 is 9.44. The second-order valence-corrected chi connectivity index (χ2v) is 13.6. The minimum absolute atomic E-state index is 0.252. The van der Waals surface area contributed by atoms with Crippen molar-refractivity contribution in [2.24, 2.45) is 4.99 Å². The molecule has 0 radical (unpaired) electrons. The maximum Gasteiger partial charge on any atom is 0.159 e. The van der Waals surface area contributed by atoms with Crippen molar-refractivity contribution in [2.45, 2.75) is 12.3 Å². The van der Waals surface area contributed by atoms with E-state index in [-0.39, 0.29) is 12.3 Å². The van der Waals surface area contributed by atoms with Crippen LogP contribution in [0, 0.1) is 0 Å². The number of furan rings is 1. The summed E-state index contributed by atoms with van der Waals surface area (Å²) in [5, 5.41) is 17.1. The fourth-order valence-electron chi connectivity index (χ4n) is 8.25. The van der Waals surface area contributed by atoms with Crippen LogP contribution in [0.2, 0.25) is 0 Å². The summed E-state index contributed by atoms with van der Waals surface area (Å²) in [5.74, 6) is 0.849. The summed E-state index contributed by atoms with van der Waals surface area (Å²) in [5.41, 5.74) is 8.26. The Kier molecular flexibility index (Phi) is 6.39. The summed E-state index contributed by atoms with van der Waals surface area (Å²) in [6.45, 7) is 0. The molecule has 52 heavy (non-hydrogen) atoms. The Morgan fingerprint density at radius 1 is 0.538 bits per heavy atom. The number of nitrogens with zero attached hydrogens (tertiary/aromatic N) is 2. The van der Waals surface area contributed by atoms with Gasteiger partial charge in [-0.05, 0) is 57.4 Å². The van der Waals surface area contributed by atoms with Gasteiger partial charge in [0.05, 0.1) is 16.7 Å². The predicted octanol–water partition coefficient (Wildman–Crippen LogP) is 11.3. The molecule has 5 nitrogen and oxygen atoms in total. The average Bonchev–Trinajstić information content (AvgIpc) is 3.76. The molecule has 10 aromatic rings. The summed E-state index contributed by atoms with van der Waals surface area (Å²) in [7, 11) is 0. The van der Waals surface area contributed by atoms with Gasteiger partial charge >= 0.3 is 0 Å². The van der Waals surface area contributed by atoms with Crippen molar-refractivity contribution in [3.63, 3.8) is 0 Å². The van der Waals surface area contributed by atoms with E-state index in [1.54, 1.807) is 0 Å². The van der Waals surface area contributed by atoms with E-state index < -0.39 is 0 Å². The van der Waals surface area contributed by atoms with E-state index in [9.17, 15) is 0 Å². The largest absolute Gasteiger partial charge is 0.454 e. The summed E-state index contributed by atoms with van der Waals surface area (Å²) in [4.78, 5) is 5.20. The third kappa shape index (κ3) is 4.43. The van der Waals surface area contributed by atoms with Crippen LogP contribution in [0.3, 0.4) is 0 Å². The molecule has 246 valence electrons. The molecule has 5 heteroatoms. The number of fused-ring (bicyclic) bond motifs is 9. The van der Waals surface area contributed by atoms with E-state index >= 15 is 0 Å². The van der Waals surface area contributed by atoms with E-state index in [0.29, 0.717) is 0 Å². The molecule has 1 aliphatic heterocycles. The molecule has 0 saturated heterocycles. The molecule has 2 atom stereocenters. The first-order chi connectivity index (χ1) is 25.8. The molecular formula is C47H32N4O. The number of aromatic nitrogens is 1. The minimum atomic E-state index is -0.267. The molecule has 1 aliphatic rings. The third-order valence-electron chi connectivity index (χ3n) is 10.6. The zero-order valence-corrected chi connectivity index (χ0v) is 28.1. The highest BCUT2D eigenvalue weighted by atomic mass is 16.3. The van der Waals surface area contributed by atoms with Crippen molar-refractivity contribution in [2.75, 3.05) is 0 Å². The topological polar surface area (TPSA) is 54.5 Å². The molecule has 0 aliphatic carbocycles. The van der Waals surface area contributed by atoms with E-state index in [4.69, 9.17) is 9.41 Å². The van der Waals surface area contributed by atoms with Gasteiger partial charge in [-0.3, -0.25) is 5.32 Å². The highest BCUT2D eigenvalue weighted by Crippen LogP contribution is 2.44. The molecule has 0 amide bonds. The SMILES string of the molecule is c1ccc(C2=NC(c3ccccc3)NC(c3ccc(-n4c5ccccc5c5cc6ccccc6cc54)c4oc5ccc6ccccc6c5c34)N2)cc1. The first-order valence-corrected chi connectivity index (χ1v) is 17.8. The number of aliphatic imine (C=N–C) groups is 1. The van der Waals surface area contributed by atoms with Gasteiger partial charge in [-0.15, -0.1) is 0 Å². The van der Waals surface area contributed by atoms with Gasteiger partial charge in [-0.2, -0.15) is 0 Å². The highest BCUT2D eigenvalue weighted by molar-refractivity contribution is 6.22. The van der Waals surface area contributed by atoms with Crippen molar-refractivity contribution in [3.8, 4) is 5.69 Å². The molecule has 11 rings (SSSR count). The molecule has 8 aromatic carbocycles. The summed E-state index contributed by atoms with van der Waals surface area (Å²) in [6.07, 6.45) is -0.519. The fraction of sp³-hybridized carbons (Fsp3) is 0.0426. The first kappa shape index (κ1) is 29.1. The van der Waals surface area contributed by atoms with Crippen LogP contribution in [0.25, 0.3) is 71.0 Å². The van der Waals surface area contributed by atoms with Crippen LogP contribution in [-0.4, -0.2) is 10.4 Å². The lowest BCUT2D eigenvalue weighted by molar-refractivity contribution is 0.411. The van der Waals surface area contributed by atoms with Gasteiger partial charge in [-0.25, -0.2) is 4.99 Å². The van der Waals surface area contributed by atoms with E-state index in [2.05, 4.69) is 173 Å². The Balaban J connectivity index is 1.21. The number of amidine groups is 1. The van der Waals surface area contributed by atoms with Crippen molar-refractivity contribution in [3.05, 3.63) is 187 Å². The van der Waals surface area contributed by atoms with Gasteiger partial charge in [0.25, 0.3) is 0 Å². The predicted molar refractivity (Wildman–Crippen MR) is 214 cm³/mol. The molecule has 2 unspecified atom stereocenters. The van der Waals surface area contributed by atoms with Gasteiger partial charge in [0, 0.05) is 32.7 Å². The standard InChI is InChI=1S/C47H32N4O/c1-3-14-30(15-4-1)45-48-46(31-16-5-2-6-17-31)50-47(49-45)36-24-25-39(44-43(36)42-34-20-10-9-13-29(34)23-26-41(42)52-44)51-38-22-12-11-21-35(38)37-27-32-18-7-8-19-33(32)28-40(37)51/h1-28,45,47,49H,(H,48,50). The quantitative estimate of drug-likeness (QED) is 0.196. The fourth-order valence-corrected chi connectivity index (χ4v) is 8.25. The third-order valence-corrected chi connectivity index (χ3v) is 10.6. The second-order valence-electron chi connectivity index (χ2n) is 13.6. The van der Waals surface area contributed by atoms with Gasteiger partial charge in [0.2, 0.25) is 0 Å². The number of hydrogen-bond donors (Lipinski definition) is 2. The summed E-state index contributed by atoms with van der Waals surface area (Å²) >= 11 is 0. The van der Waals surface area contributed by atoms with Crippen LogP contribution in [0.4, 0.5) is 0 Å². The number of nitrogens with one attached hydrogen (secondary N) is 2. The average molecular weight is 669 g/mol. The van der Waals surface area contributed by atoms with Crippen molar-refractivity contribution in [1.29, 1.82) is 0 Å². The van der Waals surface area contributed by atoms with Crippen LogP contribution in [0.15, 0.2) is 179 Å². The van der Waals surface area contributed by atoms with Gasteiger partial charge < -0.3 is 14.3 Å². The van der Waals surface area contributed by atoms with Gasteiger partial charge in [0.1, 0.15) is 23.8 Å². The monoisotopic (exact) mass is 668 g/mol. The zero-order valence-electron chi connectivity index (χ0n) is 28.1. The molecular weight excluding hydrogens is 637 g/mol. The number of benzene rings is 8. The number of hydrogen-bond acceptors (Lipinski definition) is 4. The maximum atomic E-state index is 7.05. The molecule has 0 spiro atoms. The zero-order chi connectivity index (χ0) is 34.2. The normalized spacial score (nSPS) is 16.3. The Hall–Kier alpha value is -6.69. The van der Waals surface area contributed by atoms with E-state index in [1.165, 1.54) is 26.9 Å². The number of para-hydroxylation sites is 1. The Morgan fingerprint density at radius 2 is 1.23 bits per heavy atom. The lowest BCUT2D eigenvalue weighted by Gasteiger charge is -2.32. The van der Waals surface area contributed by atoms with Crippen LogP contribution in [0.1, 0.15) is 29.0 Å². The smallest absolute Gasteiger partial charge is 0.159 e. The lowest BCUT2D eigenvalue weighted by atomic mass is 9.97. The molecule has 0 saturated carbocycles. The van der Waals surface area contributed by atoms with Crippen LogP contribution in [-0.2, 0) is 0 Å². The molecule has 2 aromatic heterocycles. The second kappa shape index (κ2) is 11.4. The van der Waals surface area contributed by atoms with Crippen molar-refractivity contribution >= 4 is 71.1 Å². The van der Waals surface area contributed by atoms with Crippen molar-refractivity contribution in [1.82, 2.24) is 15.2 Å². The van der Waals surface area contributed by atoms with E-state index in [1.807, 2.05) is 12.1 Å². The van der Waals surface area contributed by atoms with Crippen molar-refractivity contribution < 1.29 is 4.42 Å². The van der Waals surface area contributed by atoms with Gasteiger partial charge in [0.15, 0.2) is 5.58 Å². The molecule has 3 heterocycles. The minimum Gasteiger partial charge on any atom is -0.454 e. The maximum absolute atomic E-state index is 7.05. The Morgan fingerprint density at radius 3 is 2.06 bits per heavy atom. The number of rotatable bonds is 4. The van der Waals surface area contributed by atoms with Crippen LogP contribution in [0.5, 0.6) is 0 Å². The molecule has 0 fully saturated rings. The first-order valence-electron chi connectivity index (χ1n) is 17.8. The lowest BCUT2D eigenvalue weighted by Crippen LogP contribution is -2.45.